The summed E-state index contributed by atoms with van der Waals surface area (Å²) in [6, 6.07) is 0. The molecule has 0 unspecified atom stereocenters. The van der Waals surface area contributed by atoms with Crippen LogP contribution in [0.3, 0.4) is 0 Å². The molecule has 2 nitrogen and oxygen atoms in total. The predicted octanol–water partition coefficient (Wildman–Crippen LogP) is 4.26. The van der Waals surface area contributed by atoms with Crippen LogP contribution in [0.5, 0.6) is 0 Å². The van der Waals surface area contributed by atoms with Crippen molar-refractivity contribution >= 4 is 33.0 Å². The SMILES string of the molecule is Cc1oc(C)c(C(=O)c2cscc2Br)c1C. The summed E-state index contributed by atoms with van der Waals surface area (Å²) in [6.07, 6.45) is 0. The minimum absolute atomic E-state index is 0.0278. The monoisotopic (exact) mass is 298 g/mol. The molecule has 0 amide bonds. The van der Waals surface area contributed by atoms with Gasteiger partial charge in [0.15, 0.2) is 5.78 Å². The molecule has 2 aromatic heterocycles. The number of hydrogen-bond donors (Lipinski definition) is 0. The van der Waals surface area contributed by atoms with Gasteiger partial charge in [0, 0.05) is 26.4 Å². The Hall–Kier alpha value is -0.870. The van der Waals surface area contributed by atoms with E-state index in [-0.39, 0.29) is 5.78 Å². The molecule has 2 heterocycles. The van der Waals surface area contributed by atoms with E-state index >= 15 is 0 Å². The molecule has 2 rings (SSSR count). The summed E-state index contributed by atoms with van der Waals surface area (Å²) in [5.41, 5.74) is 2.33. The Kier molecular flexibility index (Phi) is 3.04. The van der Waals surface area contributed by atoms with Crippen molar-refractivity contribution in [2.45, 2.75) is 20.8 Å². The van der Waals surface area contributed by atoms with Gasteiger partial charge in [-0.15, -0.1) is 0 Å². The standard InChI is InChI=1S/C12H11BrO2S/c1-6-7(2)15-8(3)11(6)12(14)9-4-16-5-10(9)13/h4-5H,1-3H3. The molecule has 0 bridgehead atoms. The number of halogens is 1. The molecule has 0 N–H and O–H groups in total. The molecule has 0 aliphatic carbocycles. The highest BCUT2D eigenvalue weighted by Gasteiger charge is 2.21. The smallest absolute Gasteiger partial charge is 0.198 e. The largest absolute Gasteiger partial charge is 0.466 e. The highest BCUT2D eigenvalue weighted by Crippen LogP contribution is 2.28. The maximum absolute atomic E-state index is 12.3. The van der Waals surface area contributed by atoms with Crippen LogP contribution in [0.15, 0.2) is 19.6 Å². The zero-order valence-electron chi connectivity index (χ0n) is 9.26. The summed E-state index contributed by atoms with van der Waals surface area (Å²) in [5, 5.41) is 3.76. The summed E-state index contributed by atoms with van der Waals surface area (Å²) in [7, 11) is 0. The van der Waals surface area contributed by atoms with Crippen LogP contribution >= 0.6 is 27.3 Å². The van der Waals surface area contributed by atoms with Crippen molar-refractivity contribution < 1.29 is 9.21 Å². The Labute approximate surface area is 106 Å². The first kappa shape index (κ1) is 11.6. The Balaban J connectivity index is 2.54. The minimum atomic E-state index is 0.0278. The van der Waals surface area contributed by atoms with Gasteiger partial charge in [-0.2, -0.15) is 11.3 Å². The molecule has 84 valence electrons. The van der Waals surface area contributed by atoms with Gasteiger partial charge < -0.3 is 4.42 Å². The number of carbonyl (C=O) groups is 1. The highest BCUT2D eigenvalue weighted by atomic mass is 79.9. The van der Waals surface area contributed by atoms with Gasteiger partial charge in [-0.25, -0.2) is 0 Å². The van der Waals surface area contributed by atoms with Crippen molar-refractivity contribution in [2.24, 2.45) is 0 Å². The molecule has 0 saturated heterocycles. The van der Waals surface area contributed by atoms with E-state index in [0.29, 0.717) is 16.9 Å². The van der Waals surface area contributed by atoms with Crippen molar-refractivity contribution in [3.8, 4) is 0 Å². The second-order valence-corrected chi connectivity index (χ2v) is 5.27. The zero-order chi connectivity index (χ0) is 11.9. The maximum atomic E-state index is 12.3. The van der Waals surface area contributed by atoms with Crippen LogP contribution in [-0.2, 0) is 0 Å². The van der Waals surface area contributed by atoms with E-state index in [4.69, 9.17) is 4.42 Å². The van der Waals surface area contributed by atoms with Crippen LogP contribution in [0, 0.1) is 20.8 Å². The number of ketones is 1. The van der Waals surface area contributed by atoms with Gasteiger partial charge in [0.05, 0.1) is 5.56 Å². The number of carbonyl (C=O) groups excluding carboxylic acids is 1. The highest BCUT2D eigenvalue weighted by molar-refractivity contribution is 9.10. The molecule has 0 aliphatic heterocycles. The first-order valence-corrected chi connectivity index (χ1v) is 6.59. The van der Waals surface area contributed by atoms with E-state index in [1.807, 2.05) is 31.5 Å². The quantitative estimate of drug-likeness (QED) is 0.776. The number of hydrogen-bond acceptors (Lipinski definition) is 3. The molecular weight excluding hydrogens is 288 g/mol. The molecule has 0 radical (unpaired) electrons. The molecule has 2 aromatic rings. The van der Waals surface area contributed by atoms with E-state index in [0.717, 1.165) is 15.8 Å². The van der Waals surface area contributed by atoms with Crippen LogP contribution in [0.4, 0.5) is 0 Å². The predicted molar refractivity (Wildman–Crippen MR) is 68.4 cm³/mol. The number of rotatable bonds is 2. The van der Waals surface area contributed by atoms with Gasteiger partial charge >= 0.3 is 0 Å². The van der Waals surface area contributed by atoms with Crippen molar-refractivity contribution in [1.29, 1.82) is 0 Å². The van der Waals surface area contributed by atoms with E-state index in [1.54, 1.807) is 0 Å². The number of thiophene rings is 1. The van der Waals surface area contributed by atoms with Gasteiger partial charge in [0.1, 0.15) is 11.5 Å². The van der Waals surface area contributed by atoms with E-state index in [1.165, 1.54) is 11.3 Å². The third-order valence-electron chi connectivity index (χ3n) is 2.65. The van der Waals surface area contributed by atoms with E-state index in [2.05, 4.69) is 15.9 Å². The van der Waals surface area contributed by atoms with E-state index in [9.17, 15) is 4.79 Å². The topological polar surface area (TPSA) is 30.2 Å². The number of aryl methyl sites for hydroxylation is 2. The van der Waals surface area contributed by atoms with Gasteiger partial charge in [-0.1, -0.05) is 0 Å². The Morgan fingerprint density at radius 3 is 2.38 bits per heavy atom. The molecule has 0 spiro atoms. The average molecular weight is 299 g/mol. The Morgan fingerprint density at radius 1 is 1.25 bits per heavy atom. The Morgan fingerprint density at radius 2 is 1.94 bits per heavy atom. The molecule has 4 heteroatoms. The fourth-order valence-electron chi connectivity index (χ4n) is 1.71. The lowest BCUT2D eigenvalue weighted by molar-refractivity contribution is 0.103. The lowest BCUT2D eigenvalue weighted by atomic mass is 10.0. The Bertz CT molecular complexity index is 551. The van der Waals surface area contributed by atoms with E-state index < -0.39 is 0 Å². The second-order valence-electron chi connectivity index (χ2n) is 3.68. The van der Waals surface area contributed by atoms with Gasteiger partial charge in [-0.05, 0) is 36.7 Å². The molecule has 0 aromatic carbocycles. The molecule has 0 fully saturated rings. The molecular formula is C12H11BrO2S. The van der Waals surface area contributed by atoms with Crippen LogP contribution in [0.2, 0.25) is 0 Å². The third kappa shape index (κ3) is 1.76. The normalized spacial score (nSPS) is 10.8. The van der Waals surface area contributed by atoms with Crippen LogP contribution < -0.4 is 0 Å². The summed E-state index contributed by atoms with van der Waals surface area (Å²) >= 11 is 4.89. The number of furan rings is 1. The fourth-order valence-corrected chi connectivity index (χ4v) is 3.16. The third-order valence-corrected chi connectivity index (χ3v) is 4.35. The molecule has 0 atom stereocenters. The molecule has 16 heavy (non-hydrogen) atoms. The lowest BCUT2D eigenvalue weighted by Crippen LogP contribution is -2.02. The summed E-state index contributed by atoms with van der Waals surface area (Å²) in [6.45, 7) is 5.62. The first-order chi connectivity index (χ1) is 7.52. The van der Waals surface area contributed by atoms with Crippen LogP contribution in [-0.4, -0.2) is 5.78 Å². The second kappa shape index (κ2) is 4.18. The van der Waals surface area contributed by atoms with Gasteiger partial charge in [0.2, 0.25) is 0 Å². The average Bonchev–Trinajstić information content (AvgIpc) is 2.73. The zero-order valence-corrected chi connectivity index (χ0v) is 11.7. The molecule has 0 saturated carbocycles. The van der Waals surface area contributed by atoms with Crippen molar-refractivity contribution in [2.75, 3.05) is 0 Å². The summed E-state index contributed by atoms with van der Waals surface area (Å²) in [5.74, 6) is 1.53. The first-order valence-electron chi connectivity index (χ1n) is 4.85. The van der Waals surface area contributed by atoms with Crippen molar-refractivity contribution in [1.82, 2.24) is 0 Å². The van der Waals surface area contributed by atoms with Crippen LogP contribution in [0.25, 0.3) is 0 Å². The van der Waals surface area contributed by atoms with Crippen molar-refractivity contribution in [3.05, 3.63) is 43.4 Å². The summed E-state index contributed by atoms with van der Waals surface area (Å²) < 4.78 is 6.32. The van der Waals surface area contributed by atoms with Gasteiger partial charge in [0.25, 0.3) is 0 Å². The van der Waals surface area contributed by atoms with Crippen LogP contribution in [0.1, 0.15) is 33.0 Å². The molecule has 0 aliphatic rings. The van der Waals surface area contributed by atoms with Crippen molar-refractivity contribution in [3.63, 3.8) is 0 Å². The minimum Gasteiger partial charge on any atom is -0.466 e. The summed E-state index contributed by atoms with van der Waals surface area (Å²) in [4.78, 5) is 12.3. The lowest BCUT2D eigenvalue weighted by Gasteiger charge is -1.99. The fraction of sp³-hybridized carbons (Fsp3) is 0.250. The van der Waals surface area contributed by atoms with Gasteiger partial charge in [-0.3, -0.25) is 4.79 Å². The maximum Gasteiger partial charge on any atom is 0.198 e.